The third-order valence-corrected chi connectivity index (χ3v) is 2.35. The zero-order chi connectivity index (χ0) is 8.10. The van der Waals surface area contributed by atoms with Gasteiger partial charge in [-0.05, 0) is 26.9 Å². The number of rotatable bonds is 4. The van der Waals surface area contributed by atoms with Gasteiger partial charge in [0.25, 0.3) is 0 Å². The molecule has 1 rings (SSSR count). The summed E-state index contributed by atoms with van der Waals surface area (Å²) in [7, 11) is 4.24. The number of hydrogen-bond acceptors (Lipinski definition) is 2. The van der Waals surface area contributed by atoms with Gasteiger partial charge >= 0.3 is 0 Å². The van der Waals surface area contributed by atoms with Crippen molar-refractivity contribution in [2.24, 2.45) is 0 Å². The first-order valence-electron chi connectivity index (χ1n) is 4.67. The van der Waals surface area contributed by atoms with E-state index in [0.717, 1.165) is 19.1 Å². The van der Waals surface area contributed by atoms with Gasteiger partial charge in [-0.15, -0.1) is 12.4 Å². The van der Waals surface area contributed by atoms with Crippen molar-refractivity contribution in [2.75, 3.05) is 27.2 Å². The van der Waals surface area contributed by atoms with Crippen molar-refractivity contribution < 1.29 is 0 Å². The normalized spacial score (nSPS) is 18.2. The standard InChI is InChI=1S/C9H20N2.ClH/c1-11(2)8-7-10-9-5-3-4-6-9;/h9-10H,3-8H2,1-2H3;1H. The fourth-order valence-electron chi connectivity index (χ4n) is 1.62. The van der Waals surface area contributed by atoms with Gasteiger partial charge in [-0.2, -0.15) is 0 Å². The summed E-state index contributed by atoms with van der Waals surface area (Å²) in [5.74, 6) is 0. The molecular formula is C9H21ClN2. The molecule has 0 spiro atoms. The van der Waals surface area contributed by atoms with Gasteiger partial charge in [0.15, 0.2) is 0 Å². The number of nitrogens with one attached hydrogen (secondary N) is 1. The van der Waals surface area contributed by atoms with Crippen molar-refractivity contribution in [3.05, 3.63) is 0 Å². The van der Waals surface area contributed by atoms with Crippen LogP contribution in [0.15, 0.2) is 0 Å². The Balaban J connectivity index is 0.00000121. The summed E-state index contributed by atoms with van der Waals surface area (Å²) in [5, 5.41) is 3.57. The van der Waals surface area contributed by atoms with E-state index < -0.39 is 0 Å². The first-order valence-corrected chi connectivity index (χ1v) is 4.67. The Morgan fingerprint density at radius 3 is 2.33 bits per heavy atom. The highest BCUT2D eigenvalue weighted by Gasteiger charge is 2.12. The molecule has 0 bridgehead atoms. The van der Waals surface area contributed by atoms with Crippen molar-refractivity contribution in [1.29, 1.82) is 0 Å². The fraction of sp³-hybridized carbons (Fsp3) is 1.00. The van der Waals surface area contributed by atoms with Crippen LogP contribution in [0.3, 0.4) is 0 Å². The molecule has 2 nitrogen and oxygen atoms in total. The van der Waals surface area contributed by atoms with Gasteiger partial charge in [-0.1, -0.05) is 12.8 Å². The van der Waals surface area contributed by atoms with Gasteiger partial charge < -0.3 is 10.2 Å². The second-order valence-electron chi connectivity index (χ2n) is 3.74. The van der Waals surface area contributed by atoms with Crippen LogP contribution < -0.4 is 5.32 Å². The van der Waals surface area contributed by atoms with Crippen LogP contribution >= 0.6 is 12.4 Å². The molecule has 0 saturated heterocycles. The number of nitrogens with zero attached hydrogens (tertiary/aromatic N) is 1. The zero-order valence-electron chi connectivity index (χ0n) is 8.18. The van der Waals surface area contributed by atoms with E-state index in [4.69, 9.17) is 0 Å². The molecule has 0 heterocycles. The number of hydrogen-bond donors (Lipinski definition) is 1. The molecule has 12 heavy (non-hydrogen) atoms. The van der Waals surface area contributed by atoms with Crippen LogP contribution in [0, 0.1) is 0 Å². The third-order valence-electron chi connectivity index (χ3n) is 2.35. The highest BCUT2D eigenvalue weighted by molar-refractivity contribution is 5.85. The molecule has 74 valence electrons. The molecule has 0 radical (unpaired) electrons. The maximum absolute atomic E-state index is 3.57. The summed E-state index contributed by atoms with van der Waals surface area (Å²) in [4.78, 5) is 2.22. The maximum atomic E-state index is 3.57. The third kappa shape index (κ3) is 4.96. The van der Waals surface area contributed by atoms with E-state index in [1.807, 2.05) is 0 Å². The van der Waals surface area contributed by atoms with E-state index in [-0.39, 0.29) is 12.4 Å². The van der Waals surface area contributed by atoms with Crippen molar-refractivity contribution in [3.8, 4) is 0 Å². The lowest BCUT2D eigenvalue weighted by atomic mass is 10.2. The molecule has 0 atom stereocenters. The Kier molecular flexibility index (Phi) is 6.81. The zero-order valence-corrected chi connectivity index (χ0v) is 8.99. The maximum Gasteiger partial charge on any atom is 0.0101 e. The van der Waals surface area contributed by atoms with Gasteiger partial charge in [0, 0.05) is 19.1 Å². The topological polar surface area (TPSA) is 15.3 Å². The Morgan fingerprint density at radius 1 is 1.25 bits per heavy atom. The molecule has 0 amide bonds. The fourth-order valence-corrected chi connectivity index (χ4v) is 1.62. The molecule has 0 aliphatic heterocycles. The molecule has 1 aliphatic carbocycles. The van der Waals surface area contributed by atoms with E-state index in [9.17, 15) is 0 Å². The summed E-state index contributed by atoms with van der Waals surface area (Å²) in [6, 6.07) is 0.829. The average molecular weight is 193 g/mol. The highest BCUT2D eigenvalue weighted by Crippen LogP contribution is 2.16. The van der Waals surface area contributed by atoms with E-state index in [1.54, 1.807) is 0 Å². The van der Waals surface area contributed by atoms with Crippen LogP contribution in [0.5, 0.6) is 0 Å². The van der Waals surface area contributed by atoms with Gasteiger partial charge in [0.1, 0.15) is 0 Å². The van der Waals surface area contributed by atoms with Gasteiger partial charge in [-0.3, -0.25) is 0 Å². The lowest BCUT2D eigenvalue weighted by molar-refractivity contribution is 0.383. The SMILES string of the molecule is CN(C)CCNC1CCCC1.Cl. The first kappa shape index (κ1) is 12.2. The van der Waals surface area contributed by atoms with Crippen LogP contribution in [0.2, 0.25) is 0 Å². The van der Waals surface area contributed by atoms with Crippen LogP contribution in [0.25, 0.3) is 0 Å². The summed E-state index contributed by atoms with van der Waals surface area (Å²) < 4.78 is 0. The van der Waals surface area contributed by atoms with E-state index >= 15 is 0 Å². The molecule has 0 aromatic heterocycles. The Labute approximate surface area is 82.1 Å². The summed E-state index contributed by atoms with van der Waals surface area (Å²) in [5.41, 5.74) is 0. The van der Waals surface area contributed by atoms with E-state index in [0.29, 0.717) is 0 Å². The van der Waals surface area contributed by atoms with E-state index in [2.05, 4.69) is 24.3 Å². The van der Waals surface area contributed by atoms with Gasteiger partial charge in [0.05, 0.1) is 0 Å². The Hall–Kier alpha value is 0.210. The smallest absolute Gasteiger partial charge is 0.0101 e. The first-order chi connectivity index (χ1) is 5.29. The second-order valence-corrected chi connectivity index (χ2v) is 3.74. The molecule has 0 aromatic carbocycles. The van der Waals surface area contributed by atoms with Crippen LogP contribution in [0.4, 0.5) is 0 Å². The molecule has 1 N–H and O–H groups in total. The summed E-state index contributed by atoms with van der Waals surface area (Å²) >= 11 is 0. The van der Waals surface area contributed by atoms with Crippen molar-refractivity contribution in [3.63, 3.8) is 0 Å². The minimum Gasteiger partial charge on any atom is -0.313 e. The quantitative estimate of drug-likeness (QED) is 0.727. The van der Waals surface area contributed by atoms with Gasteiger partial charge in [0.2, 0.25) is 0 Å². The predicted octanol–water partition coefficient (Wildman–Crippen LogP) is 1.50. The summed E-state index contributed by atoms with van der Waals surface area (Å²) in [6.07, 6.45) is 5.65. The van der Waals surface area contributed by atoms with Crippen molar-refractivity contribution in [2.45, 2.75) is 31.7 Å². The average Bonchev–Trinajstić information content (AvgIpc) is 2.39. The van der Waals surface area contributed by atoms with E-state index in [1.165, 1.54) is 25.7 Å². The molecule has 0 aromatic rings. The molecule has 1 fully saturated rings. The molecular weight excluding hydrogens is 172 g/mol. The van der Waals surface area contributed by atoms with Crippen molar-refractivity contribution in [1.82, 2.24) is 10.2 Å². The van der Waals surface area contributed by atoms with Gasteiger partial charge in [-0.25, -0.2) is 0 Å². The largest absolute Gasteiger partial charge is 0.313 e. The Bertz CT molecular complexity index is 101. The molecule has 0 unspecified atom stereocenters. The minimum atomic E-state index is 0. The summed E-state index contributed by atoms with van der Waals surface area (Å²) in [6.45, 7) is 2.31. The molecule has 1 saturated carbocycles. The second kappa shape index (κ2) is 6.70. The van der Waals surface area contributed by atoms with Crippen LogP contribution in [-0.2, 0) is 0 Å². The van der Waals surface area contributed by atoms with Crippen molar-refractivity contribution >= 4 is 12.4 Å². The number of likely N-dealkylation sites (N-methyl/N-ethyl adjacent to an activating group) is 1. The Morgan fingerprint density at radius 2 is 1.83 bits per heavy atom. The lowest BCUT2D eigenvalue weighted by Crippen LogP contribution is -2.32. The molecule has 1 aliphatic rings. The molecule has 3 heteroatoms. The minimum absolute atomic E-state index is 0. The lowest BCUT2D eigenvalue weighted by Gasteiger charge is -2.14. The highest BCUT2D eigenvalue weighted by atomic mass is 35.5. The van der Waals surface area contributed by atoms with Crippen LogP contribution in [-0.4, -0.2) is 38.1 Å². The predicted molar refractivity (Wildman–Crippen MR) is 56.1 cm³/mol. The number of halogens is 1. The van der Waals surface area contributed by atoms with Crippen LogP contribution in [0.1, 0.15) is 25.7 Å². The monoisotopic (exact) mass is 192 g/mol.